The highest BCUT2D eigenvalue weighted by Gasteiger charge is 2.33. The zero-order chi connectivity index (χ0) is 20.3. The molecule has 0 spiro atoms. The Labute approximate surface area is 169 Å². The Hall–Kier alpha value is -2.48. The van der Waals surface area contributed by atoms with Gasteiger partial charge in [-0.3, -0.25) is 9.59 Å². The van der Waals surface area contributed by atoms with Crippen LogP contribution in [0.25, 0.3) is 11.4 Å². The molecule has 3 rings (SSSR count). The first-order valence-electron chi connectivity index (χ1n) is 9.36. The average Bonchev–Trinajstić information content (AvgIpc) is 3.15. The predicted octanol–water partition coefficient (Wildman–Crippen LogP) is 3.44. The Bertz CT molecular complexity index is 859. The van der Waals surface area contributed by atoms with Crippen LogP contribution in [-0.2, 0) is 9.59 Å². The van der Waals surface area contributed by atoms with Crippen LogP contribution in [-0.4, -0.2) is 46.3 Å². The van der Waals surface area contributed by atoms with Crippen LogP contribution in [0, 0.1) is 11.3 Å². The van der Waals surface area contributed by atoms with E-state index in [9.17, 15) is 9.59 Å². The number of likely N-dealkylation sites (tertiary alicyclic amines) is 1. The van der Waals surface area contributed by atoms with Gasteiger partial charge in [0.15, 0.2) is 5.82 Å². The molecule has 1 aromatic heterocycles. The quantitative estimate of drug-likeness (QED) is 0.847. The number of amides is 2. The van der Waals surface area contributed by atoms with E-state index >= 15 is 0 Å². The summed E-state index contributed by atoms with van der Waals surface area (Å²) in [5, 5.41) is 3.33. The van der Waals surface area contributed by atoms with Crippen molar-refractivity contribution in [1.82, 2.24) is 14.3 Å². The summed E-state index contributed by atoms with van der Waals surface area (Å²) in [4.78, 5) is 31.4. The summed E-state index contributed by atoms with van der Waals surface area (Å²) in [7, 11) is 1.61. The van der Waals surface area contributed by atoms with Crippen LogP contribution in [0.4, 0.5) is 5.13 Å². The van der Waals surface area contributed by atoms with E-state index in [1.54, 1.807) is 12.0 Å². The molecule has 1 aromatic carbocycles. The number of carbonyl (C=O) groups excluding carboxylic acids is 2. The molecular weight excluding hydrogens is 376 g/mol. The smallest absolute Gasteiger partial charge is 0.231 e. The van der Waals surface area contributed by atoms with E-state index in [1.807, 2.05) is 45.0 Å². The monoisotopic (exact) mass is 402 g/mol. The largest absolute Gasteiger partial charge is 0.497 e. The van der Waals surface area contributed by atoms with E-state index in [2.05, 4.69) is 14.7 Å². The lowest BCUT2D eigenvalue weighted by atomic mass is 9.91. The number of piperidine rings is 1. The van der Waals surface area contributed by atoms with Crippen molar-refractivity contribution in [1.29, 1.82) is 0 Å². The van der Waals surface area contributed by atoms with Gasteiger partial charge in [0.05, 0.1) is 13.0 Å². The highest BCUT2D eigenvalue weighted by molar-refractivity contribution is 7.10. The number of anilines is 1. The molecule has 0 aliphatic carbocycles. The molecule has 1 atom stereocenters. The molecule has 1 fully saturated rings. The van der Waals surface area contributed by atoms with Crippen LogP contribution in [0.3, 0.4) is 0 Å². The zero-order valence-electron chi connectivity index (χ0n) is 16.7. The van der Waals surface area contributed by atoms with Crippen molar-refractivity contribution < 1.29 is 14.3 Å². The minimum absolute atomic E-state index is 0.0845. The predicted molar refractivity (Wildman–Crippen MR) is 109 cm³/mol. The lowest BCUT2D eigenvalue weighted by Crippen LogP contribution is -2.47. The van der Waals surface area contributed by atoms with Crippen molar-refractivity contribution in [2.75, 3.05) is 25.5 Å². The van der Waals surface area contributed by atoms with Crippen molar-refractivity contribution in [3.63, 3.8) is 0 Å². The summed E-state index contributed by atoms with van der Waals surface area (Å²) in [5.41, 5.74) is 0.388. The molecule has 2 aromatic rings. The lowest BCUT2D eigenvalue weighted by molar-refractivity contribution is -0.142. The van der Waals surface area contributed by atoms with Crippen LogP contribution in [0.1, 0.15) is 33.6 Å². The number of hydrogen-bond acceptors (Lipinski definition) is 6. The molecule has 1 aliphatic rings. The van der Waals surface area contributed by atoms with E-state index < -0.39 is 5.41 Å². The first kappa shape index (κ1) is 20.3. The molecule has 150 valence electrons. The number of nitrogens with zero attached hydrogens (tertiary/aromatic N) is 3. The maximum atomic E-state index is 12.7. The van der Waals surface area contributed by atoms with E-state index in [4.69, 9.17) is 4.74 Å². The maximum absolute atomic E-state index is 12.7. The summed E-state index contributed by atoms with van der Waals surface area (Å²) in [6, 6.07) is 7.47. The Balaban J connectivity index is 1.65. The molecule has 0 bridgehead atoms. The van der Waals surface area contributed by atoms with Gasteiger partial charge in [-0.2, -0.15) is 9.36 Å². The van der Waals surface area contributed by atoms with Crippen molar-refractivity contribution in [3.8, 4) is 17.1 Å². The Morgan fingerprint density at radius 3 is 2.82 bits per heavy atom. The number of rotatable bonds is 4. The first-order chi connectivity index (χ1) is 13.3. The third-order valence-corrected chi connectivity index (χ3v) is 5.34. The summed E-state index contributed by atoms with van der Waals surface area (Å²) in [6.45, 7) is 6.86. The third kappa shape index (κ3) is 4.67. The van der Waals surface area contributed by atoms with Crippen LogP contribution < -0.4 is 10.1 Å². The molecule has 1 unspecified atom stereocenters. The summed E-state index contributed by atoms with van der Waals surface area (Å²) >= 11 is 1.15. The van der Waals surface area contributed by atoms with Gasteiger partial charge in [0.2, 0.25) is 16.9 Å². The fourth-order valence-corrected chi connectivity index (χ4v) is 3.80. The van der Waals surface area contributed by atoms with E-state index in [0.717, 1.165) is 35.7 Å². The van der Waals surface area contributed by atoms with Gasteiger partial charge in [0.1, 0.15) is 5.75 Å². The number of ether oxygens (including phenoxy) is 1. The van der Waals surface area contributed by atoms with Gasteiger partial charge in [-0.15, -0.1) is 0 Å². The molecule has 7 nitrogen and oxygen atoms in total. The molecule has 0 saturated carbocycles. The van der Waals surface area contributed by atoms with Gasteiger partial charge in [-0.1, -0.05) is 32.9 Å². The highest BCUT2D eigenvalue weighted by Crippen LogP contribution is 2.27. The number of carbonyl (C=O) groups is 2. The topological polar surface area (TPSA) is 84.4 Å². The normalized spacial score (nSPS) is 17.3. The summed E-state index contributed by atoms with van der Waals surface area (Å²) in [6.07, 6.45) is 1.59. The van der Waals surface area contributed by atoms with Crippen molar-refractivity contribution in [3.05, 3.63) is 24.3 Å². The van der Waals surface area contributed by atoms with Crippen LogP contribution >= 0.6 is 11.5 Å². The molecule has 2 amide bonds. The van der Waals surface area contributed by atoms with Gasteiger partial charge in [-0.25, -0.2) is 0 Å². The molecule has 1 saturated heterocycles. The standard InChI is InChI=1S/C20H26N4O3S/c1-20(2,3)18(26)24-10-6-8-14(12-24)17(25)22-19-21-16(23-28-19)13-7-5-9-15(11-13)27-4/h5,7,9,11,14H,6,8,10,12H2,1-4H3,(H,21,22,23,25). The van der Waals surface area contributed by atoms with Gasteiger partial charge in [-0.05, 0) is 25.0 Å². The summed E-state index contributed by atoms with van der Waals surface area (Å²) in [5.74, 6) is 1.02. The zero-order valence-corrected chi connectivity index (χ0v) is 17.5. The van der Waals surface area contributed by atoms with Crippen molar-refractivity contribution in [2.45, 2.75) is 33.6 Å². The number of aromatic nitrogens is 2. The van der Waals surface area contributed by atoms with Crippen LogP contribution in [0.15, 0.2) is 24.3 Å². The second-order valence-corrected chi connectivity index (χ2v) is 8.74. The second kappa shape index (κ2) is 8.26. The minimum Gasteiger partial charge on any atom is -0.497 e. The number of nitrogens with one attached hydrogen (secondary N) is 1. The number of methoxy groups -OCH3 is 1. The van der Waals surface area contributed by atoms with Crippen LogP contribution in [0.5, 0.6) is 5.75 Å². The molecule has 1 N–H and O–H groups in total. The van der Waals surface area contributed by atoms with Gasteiger partial charge < -0.3 is 15.0 Å². The molecule has 2 heterocycles. The molecule has 28 heavy (non-hydrogen) atoms. The lowest BCUT2D eigenvalue weighted by Gasteiger charge is -2.35. The highest BCUT2D eigenvalue weighted by atomic mass is 32.1. The third-order valence-electron chi connectivity index (χ3n) is 4.71. The Kier molecular flexibility index (Phi) is 5.98. The van der Waals surface area contributed by atoms with Gasteiger partial charge in [0, 0.05) is 35.6 Å². The minimum atomic E-state index is -0.441. The van der Waals surface area contributed by atoms with E-state index in [0.29, 0.717) is 24.0 Å². The van der Waals surface area contributed by atoms with E-state index in [-0.39, 0.29) is 17.7 Å². The maximum Gasteiger partial charge on any atom is 0.231 e. The fraction of sp³-hybridized carbons (Fsp3) is 0.500. The molecular formula is C20H26N4O3S. The first-order valence-corrected chi connectivity index (χ1v) is 10.1. The SMILES string of the molecule is COc1cccc(-c2nsc(NC(=O)C3CCCN(C(=O)C(C)(C)C)C3)n2)c1. The molecule has 1 aliphatic heterocycles. The van der Waals surface area contributed by atoms with Crippen molar-refractivity contribution >= 4 is 28.5 Å². The van der Waals surface area contributed by atoms with Crippen LogP contribution in [0.2, 0.25) is 0 Å². The summed E-state index contributed by atoms with van der Waals surface area (Å²) < 4.78 is 9.56. The molecule has 8 heteroatoms. The Morgan fingerprint density at radius 1 is 1.32 bits per heavy atom. The van der Waals surface area contributed by atoms with Crippen molar-refractivity contribution in [2.24, 2.45) is 11.3 Å². The second-order valence-electron chi connectivity index (χ2n) is 7.98. The van der Waals surface area contributed by atoms with E-state index in [1.165, 1.54) is 0 Å². The average molecular weight is 403 g/mol. The number of benzene rings is 1. The Morgan fingerprint density at radius 2 is 2.11 bits per heavy atom. The van der Waals surface area contributed by atoms with Gasteiger partial charge >= 0.3 is 0 Å². The number of hydrogen-bond donors (Lipinski definition) is 1. The van der Waals surface area contributed by atoms with Gasteiger partial charge in [0.25, 0.3) is 0 Å². The molecule has 0 radical (unpaired) electrons. The fourth-order valence-electron chi connectivity index (χ4n) is 3.21.